The van der Waals surface area contributed by atoms with Gasteiger partial charge in [0.2, 0.25) is 0 Å². The summed E-state index contributed by atoms with van der Waals surface area (Å²) in [5.74, 6) is 0.625. The van der Waals surface area contributed by atoms with Gasteiger partial charge in [0.1, 0.15) is 5.60 Å². The highest BCUT2D eigenvalue weighted by molar-refractivity contribution is 5.69. The molecule has 0 radical (unpaired) electrons. The van der Waals surface area contributed by atoms with Crippen LogP contribution in [0.25, 0.3) is 0 Å². The lowest BCUT2D eigenvalue weighted by atomic mass is 9.90. The van der Waals surface area contributed by atoms with Crippen LogP contribution in [0.5, 0.6) is 0 Å². The SMILES string of the molecule is CC(C)(C)OC(=O)CCC1CC=CCC1. The predicted octanol–water partition coefficient (Wildman–Crippen LogP) is 3.46. The number of ether oxygens (including phenoxy) is 1. The van der Waals surface area contributed by atoms with E-state index < -0.39 is 0 Å². The molecule has 0 aromatic carbocycles. The standard InChI is InChI=1S/C13H22O2/c1-13(2,3)15-12(14)10-9-11-7-5-4-6-8-11/h4-5,11H,6-10H2,1-3H3. The monoisotopic (exact) mass is 210 g/mol. The Hall–Kier alpha value is -0.790. The van der Waals surface area contributed by atoms with Crippen molar-refractivity contribution in [2.75, 3.05) is 0 Å². The van der Waals surface area contributed by atoms with Crippen LogP contribution < -0.4 is 0 Å². The Balaban J connectivity index is 2.19. The largest absolute Gasteiger partial charge is 0.460 e. The van der Waals surface area contributed by atoms with Crippen molar-refractivity contribution in [2.24, 2.45) is 5.92 Å². The summed E-state index contributed by atoms with van der Waals surface area (Å²) >= 11 is 0. The van der Waals surface area contributed by atoms with Gasteiger partial charge in [-0.25, -0.2) is 0 Å². The minimum Gasteiger partial charge on any atom is -0.460 e. The number of allylic oxidation sites excluding steroid dienone is 2. The van der Waals surface area contributed by atoms with Crippen molar-refractivity contribution in [1.82, 2.24) is 0 Å². The molecular formula is C13H22O2. The number of rotatable bonds is 3. The molecule has 0 aromatic rings. The first-order valence-corrected chi connectivity index (χ1v) is 5.84. The van der Waals surface area contributed by atoms with E-state index in [0.717, 1.165) is 12.8 Å². The Morgan fingerprint density at radius 3 is 2.67 bits per heavy atom. The normalized spacial score (nSPS) is 21.4. The Bertz CT molecular complexity index is 235. The highest BCUT2D eigenvalue weighted by Crippen LogP contribution is 2.23. The van der Waals surface area contributed by atoms with Gasteiger partial charge in [-0.2, -0.15) is 0 Å². The van der Waals surface area contributed by atoms with Crippen LogP contribution >= 0.6 is 0 Å². The first-order valence-electron chi connectivity index (χ1n) is 5.84. The third kappa shape index (κ3) is 5.60. The topological polar surface area (TPSA) is 26.3 Å². The Morgan fingerprint density at radius 1 is 1.40 bits per heavy atom. The Labute approximate surface area is 92.7 Å². The molecule has 1 aliphatic carbocycles. The molecule has 0 N–H and O–H groups in total. The highest BCUT2D eigenvalue weighted by Gasteiger charge is 2.18. The highest BCUT2D eigenvalue weighted by atomic mass is 16.6. The van der Waals surface area contributed by atoms with Crippen LogP contribution in [0, 0.1) is 5.92 Å². The molecule has 2 nitrogen and oxygen atoms in total. The average molecular weight is 210 g/mol. The van der Waals surface area contributed by atoms with Crippen molar-refractivity contribution in [1.29, 1.82) is 0 Å². The van der Waals surface area contributed by atoms with E-state index in [1.165, 1.54) is 12.8 Å². The van der Waals surface area contributed by atoms with Crippen LogP contribution in [0.2, 0.25) is 0 Å². The quantitative estimate of drug-likeness (QED) is 0.526. The van der Waals surface area contributed by atoms with Crippen molar-refractivity contribution in [3.8, 4) is 0 Å². The Morgan fingerprint density at radius 2 is 2.13 bits per heavy atom. The maximum atomic E-state index is 11.5. The first-order chi connectivity index (χ1) is 6.97. The second-order valence-electron chi connectivity index (χ2n) is 5.28. The number of carbonyl (C=O) groups excluding carboxylic acids is 1. The van der Waals surface area contributed by atoms with E-state index >= 15 is 0 Å². The number of hydrogen-bond donors (Lipinski definition) is 0. The number of esters is 1. The predicted molar refractivity (Wildman–Crippen MR) is 61.6 cm³/mol. The molecule has 0 aliphatic heterocycles. The zero-order valence-corrected chi connectivity index (χ0v) is 10.1. The molecule has 0 saturated heterocycles. The van der Waals surface area contributed by atoms with Gasteiger partial charge in [0.25, 0.3) is 0 Å². The van der Waals surface area contributed by atoms with Crippen LogP contribution in [0.1, 0.15) is 52.9 Å². The average Bonchev–Trinajstić information content (AvgIpc) is 2.14. The van der Waals surface area contributed by atoms with Gasteiger partial charge in [-0.05, 0) is 52.4 Å². The molecule has 0 bridgehead atoms. The minimum atomic E-state index is -0.344. The van der Waals surface area contributed by atoms with Gasteiger partial charge in [0.05, 0.1) is 0 Å². The Kier molecular flexibility index (Phi) is 4.37. The van der Waals surface area contributed by atoms with Crippen LogP contribution in [0.15, 0.2) is 12.2 Å². The van der Waals surface area contributed by atoms with E-state index in [-0.39, 0.29) is 11.6 Å². The molecular weight excluding hydrogens is 188 g/mol. The van der Waals surface area contributed by atoms with Crippen molar-refractivity contribution in [3.05, 3.63) is 12.2 Å². The lowest BCUT2D eigenvalue weighted by molar-refractivity contribution is -0.155. The molecule has 0 saturated carbocycles. The van der Waals surface area contributed by atoms with Crippen LogP contribution in [0.3, 0.4) is 0 Å². The summed E-state index contributed by atoms with van der Waals surface area (Å²) in [6, 6.07) is 0. The van der Waals surface area contributed by atoms with Gasteiger partial charge >= 0.3 is 5.97 Å². The summed E-state index contributed by atoms with van der Waals surface area (Å²) in [5, 5.41) is 0. The number of hydrogen-bond acceptors (Lipinski definition) is 2. The molecule has 0 spiro atoms. The van der Waals surface area contributed by atoms with E-state index in [0.29, 0.717) is 12.3 Å². The smallest absolute Gasteiger partial charge is 0.306 e. The summed E-state index contributed by atoms with van der Waals surface area (Å²) < 4.78 is 5.27. The molecule has 1 unspecified atom stereocenters. The lowest BCUT2D eigenvalue weighted by Gasteiger charge is -2.21. The molecule has 1 rings (SSSR count). The van der Waals surface area contributed by atoms with E-state index in [2.05, 4.69) is 12.2 Å². The van der Waals surface area contributed by atoms with Crippen LogP contribution in [0.4, 0.5) is 0 Å². The van der Waals surface area contributed by atoms with E-state index in [9.17, 15) is 4.79 Å². The fourth-order valence-corrected chi connectivity index (χ4v) is 1.83. The fourth-order valence-electron chi connectivity index (χ4n) is 1.83. The molecule has 2 heteroatoms. The molecule has 0 aromatic heterocycles. The molecule has 15 heavy (non-hydrogen) atoms. The molecule has 1 aliphatic rings. The van der Waals surface area contributed by atoms with Gasteiger partial charge in [-0.3, -0.25) is 4.79 Å². The molecule has 1 atom stereocenters. The van der Waals surface area contributed by atoms with Crippen molar-refractivity contribution < 1.29 is 9.53 Å². The summed E-state index contributed by atoms with van der Waals surface area (Å²) in [6.07, 6.45) is 9.50. The third-order valence-electron chi connectivity index (χ3n) is 2.55. The summed E-state index contributed by atoms with van der Waals surface area (Å²) in [4.78, 5) is 11.5. The van der Waals surface area contributed by atoms with Crippen LogP contribution in [-0.2, 0) is 9.53 Å². The fraction of sp³-hybridized carbons (Fsp3) is 0.769. The summed E-state index contributed by atoms with van der Waals surface area (Å²) in [7, 11) is 0. The summed E-state index contributed by atoms with van der Waals surface area (Å²) in [6.45, 7) is 5.73. The maximum Gasteiger partial charge on any atom is 0.306 e. The van der Waals surface area contributed by atoms with Gasteiger partial charge in [-0.15, -0.1) is 0 Å². The maximum absolute atomic E-state index is 11.5. The first kappa shape index (κ1) is 12.3. The zero-order valence-electron chi connectivity index (χ0n) is 10.1. The minimum absolute atomic E-state index is 0.0583. The van der Waals surface area contributed by atoms with E-state index in [4.69, 9.17) is 4.74 Å². The van der Waals surface area contributed by atoms with Gasteiger partial charge in [-0.1, -0.05) is 12.2 Å². The van der Waals surface area contributed by atoms with Gasteiger partial charge < -0.3 is 4.74 Å². The molecule has 0 fully saturated rings. The lowest BCUT2D eigenvalue weighted by Crippen LogP contribution is -2.24. The second-order valence-corrected chi connectivity index (χ2v) is 5.28. The van der Waals surface area contributed by atoms with Gasteiger partial charge in [0, 0.05) is 6.42 Å². The van der Waals surface area contributed by atoms with Crippen molar-refractivity contribution in [2.45, 2.75) is 58.5 Å². The van der Waals surface area contributed by atoms with Crippen LogP contribution in [-0.4, -0.2) is 11.6 Å². The second kappa shape index (κ2) is 5.34. The molecule has 86 valence electrons. The molecule has 0 amide bonds. The number of carbonyl (C=O) groups is 1. The van der Waals surface area contributed by atoms with E-state index in [1.54, 1.807) is 0 Å². The van der Waals surface area contributed by atoms with Crippen molar-refractivity contribution >= 4 is 5.97 Å². The summed E-state index contributed by atoms with van der Waals surface area (Å²) in [5.41, 5.74) is -0.344. The van der Waals surface area contributed by atoms with Gasteiger partial charge in [0.15, 0.2) is 0 Å². The van der Waals surface area contributed by atoms with E-state index in [1.807, 2.05) is 20.8 Å². The van der Waals surface area contributed by atoms with Crippen molar-refractivity contribution in [3.63, 3.8) is 0 Å². The third-order valence-corrected chi connectivity index (χ3v) is 2.55. The molecule has 0 heterocycles. The zero-order chi connectivity index (χ0) is 11.3.